The Morgan fingerprint density at radius 3 is 2.62 bits per heavy atom. The molecule has 1 rings (SSSR count). The van der Waals surface area contributed by atoms with Crippen LogP contribution in [0.25, 0.3) is 0 Å². The molecule has 0 saturated carbocycles. The second-order valence-electron chi connectivity index (χ2n) is 3.48. The molecule has 0 bridgehead atoms. The zero-order chi connectivity index (χ0) is 11.1. The van der Waals surface area contributed by atoms with Crippen LogP contribution in [-0.2, 0) is 16.0 Å². The number of hydrogen-bond donors (Lipinski definition) is 1. The van der Waals surface area contributed by atoms with Crippen molar-refractivity contribution < 1.29 is 9.53 Å². The van der Waals surface area contributed by atoms with Crippen LogP contribution < -0.4 is 5.73 Å². The van der Waals surface area contributed by atoms with Crippen molar-refractivity contribution in [3.05, 3.63) is 29.8 Å². The van der Waals surface area contributed by atoms with Gasteiger partial charge in [-0.1, -0.05) is 18.2 Å². The first-order valence-electron chi connectivity index (χ1n) is 5.14. The predicted octanol–water partition coefficient (Wildman–Crippen LogP) is 2.58. The third-order valence-corrected chi connectivity index (χ3v) is 2.36. The number of methoxy groups -OCH3 is 1. The minimum Gasteiger partial charge on any atom is -0.469 e. The molecule has 0 unspecified atom stereocenters. The molecule has 0 aromatic heterocycles. The lowest BCUT2D eigenvalue weighted by Crippen LogP contribution is -2.00. The van der Waals surface area contributed by atoms with Gasteiger partial charge in [0.15, 0.2) is 0 Å². The first-order valence-corrected chi connectivity index (χ1v) is 5.14. The maximum absolute atomic E-state index is 10.8. The van der Waals surface area contributed by atoms with E-state index in [1.165, 1.54) is 7.11 Å². The Labute approximate surface area is 102 Å². The molecule has 0 fully saturated rings. The Hall–Kier alpha value is -1.22. The molecule has 0 amide bonds. The molecule has 1 aromatic rings. The van der Waals surface area contributed by atoms with Gasteiger partial charge in [0.2, 0.25) is 0 Å². The fraction of sp³-hybridized carbons (Fsp3) is 0.417. The van der Waals surface area contributed by atoms with E-state index in [1.54, 1.807) is 0 Å². The van der Waals surface area contributed by atoms with E-state index < -0.39 is 0 Å². The average molecular weight is 244 g/mol. The van der Waals surface area contributed by atoms with Crippen molar-refractivity contribution in [1.82, 2.24) is 0 Å². The van der Waals surface area contributed by atoms with Gasteiger partial charge in [-0.25, -0.2) is 0 Å². The second-order valence-corrected chi connectivity index (χ2v) is 3.48. The fourth-order valence-electron chi connectivity index (χ4n) is 1.45. The molecule has 16 heavy (non-hydrogen) atoms. The number of ether oxygens (including phenoxy) is 1. The number of nitrogens with two attached hydrogens (primary N) is 1. The van der Waals surface area contributed by atoms with Gasteiger partial charge >= 0.3 is 5.97 Å². The fourth-order valence-corrected chi connectivity index (χ4v) is 1.45. The molecule has 3 nitrogen and oxygen atoms in total. The molecule has 1 aromatic carbocycles. The predicted molar refractivity (Wildman–Crippen MR) is 67.7 cm³/mol. The highest BCUT2D eigenvalue weighted by Gasteiger charge is 2.01. The summed E-state index contributed by atoms with van der Waals surface area (Å²) in [6.07, 6.45) is 3.22. The van der Waals surface area contributed by atoms with Gasteiger partial charge in [0.25, 0.3) is 0 Å². The van der Waals surface area contributed by atoms with E-state index in [9.17, 15) is 4.79 Å². The number of halogens is 1. The van der Waals surface area contributed by atoms with E-state index in [1.807, 2.05) is 24.3 Å². The standard InChI is InChI=1S/C12H17NO2.ClH/c1-15-12(14)9-5-3-7-10-6-2-4-8-11(10)13;/h2,4,6,8H,3,5,7,9,13H2,1H3;1H. The van der Waals surface area contributed by atoms with E-state index in [0.29, 0.717) is 6.42 Å². The second kappa shape index (κ2) is 7.99. The smallest absolute Gasteiger partial charge is 0.305 e. The van der Waals surface area contributed by atoms with Crippen molar-refractivity contribution in [2.75, 3.05) is 12.8 Å². The molecule has 0 spiro atoms. The molecule has 0 saturated heterocycles. The van der Waals surface area contributed by atoms with Crippen molar-refractivity contribution >= 4 is 24.1 Å². The highest BCUT2D eigenvalue weighted by Crippen LogP contribution is 2.14. The normalized spacial score (nSPS) is 9.31. The van der Waals surface area contributed by atoms with Gasteiger partial charge in [0, 0.05) is 12.1 Å². The molecule has 2 N–H and O–H groups in total. The lowest BCUT2D eigenvalue weighted by molar-refractivity contribution is -0.140. The first kappa shape index (κ1) is 14.8. The summed E-state index contributed by atoms with van der Waals surface area (Å²) in [7, 11) is 1.41. The number of hydrogen-bond acceptors (Lipinski definition) is 3. The number of anilines is 1. The number of nitrogen functional groups attached to an aromatic ring is 1. The van der Waals surface area contributed by atoms with Crippen molar-refractivity contribution in [2.45, 2.75) is 25.7 Å². The number of benzene rings is 1. The quantitative estimate of drug-likeness (QED) is 0.491. The van der Waals surface area contributed by atoms with Crippen molar-refractivity contribution in [3.63, 3.8) is 0 Å². The van der Waals surface area contributed by atoms with Crippen LogP contribution >= 0.6 is 12.4 Å². The molecule has 0 heterocycles. The number of para-hydroxylation sites is 1. The Morgan fingerprint density at radius 1 is 1.31 bits per heavy atom. The van der Waals surface area contributed by atoms with Crippen LogP contribution in [0, 0.1) is 0 Å². The van der Waals surface area contributed by atoms with Crippen molar-refractivity contribution in [2.24, 2.45) is 0 Å². The zero-order valence-electron chi connectivity index (χ0n) is 9.44. The first-order chi connectivity index (χ1) is 7.24. The molecule has 0 aliphatic carbocycles. The van der Waals surface area contributed by atoms with Crippen LogP contribution in [0.3, 0.4) is 0 Å². The largest absolute Gasteiger partial charge is 0.469 e. The monoisotopic (exact) mass is 243 g/mol. The highest BCUT2D eigenvalue weighted by molar-refractivity contribution is 5.85. The summed E-state index contributed by atoms with van der Waals surface area (Å²) in [4.78, 5) is 10.8. The number of carbonyl (C=O) groups excluding carboxylic acids is 1. The third-order valence-electron chi connectivity index (χ3n) is 2.36. The minimum absolute atomic E-state index is 0. The Morgan fingerprint density at radius 2 is 2.00 bits per heavy atom. The summed E-state index contributed by atoms with van der Waals surface area (Å²) in [5.41, 5.74) is 7.78. The topological polar surface area (TPSA) is 52.3 Å². The highest BCUT2D eigenvalue weighted by atomic mass is 35.5. The molecule has 0 atom stereocenters. The summed E-state index contributed by atoms with van der Waals surface area (Å²) in [6.45, 7) is 0. The van der Waals surface area contributed by atoms with Crippen LogP contribution in [0.5, 0.6) is 0 Å². The summed E-state index contributed by atoms with van der Waals surface area (Å²) >= 11 is 0. The molecular weight excluding hydrogens is 226 g/mol. The Bertz CT molecular complexity index is 329. The van der Waals surface area contributed by atoms with E-state index in [2.05, 4.69) is 4.74 Å². The zero-order valence-corrected chi connectivity index (χ0v) is 10.3. The Balaban J connectivity index is 0.00000225. The number of unbranched alkanes of at least 4 members (excludes halogenated alkanes) is 1. The van der Waals surface area contributed by atoms with Gasteiger partial charge < -0.3 is 10.5 Å². The molecule has 4 heteroatoms. The summed E-state index contributed by atoms with van der Waals surface area (Å²) < 4.78 is 4.56. The Kier molecular flexibility index (Phi) is 7.38. The maximum Gasteiger partial charge on any atom is 0.305 e. The van der Waals surface area contributed by atoms with Gasteiger partial charge in [0.1, 0.15) is 0 Å². The summed E-state index contributed by atoms with van der Waals surface area (Å²) in [5, 5.41) is 0. The van der Waals surface area contributed by atoms with E-state index in [0.717, 1.165) is 30.5 Å². The van der Waals surface area contributed by atoms with E-state index in [-0.39, 0.29) is 18.4 Å². The van der Waals surface area contributed by atoms with Crippen LogP contribution in [0.15, 0.2) is 24.3 Å². The lowest BCUT2D eigenvalue weighted by atomic mass is 10.1. The van der Waals surface area contributed by atoms with Crippen LogP contribution in [-0.4, -0.2) is 13.1 Å². The minimum atomic E-state index is -0.143. The molecule has 0 aliphatic heterocycles. The average Bonchev–Trinajstić information content (AvgIpc) is 2.26. The maximum atomic E-state index is 10.8. The number of rotatable bonds is 5. The van der Waals surface area contributed by atoms with Crippen LogP contribution in [0.2, 0.25) is 0 Å². The van der Waals surface area contributed by atoms with Gasteiger partial charge in [-0.2, -0.15) is 0 Å². The third kappa shape index (κ3) is 5.03. The molecule has 0 radical (unpaired) electrons. The molecular formula is C12H18ClNO2. The SMILES string of the molecule is COC(=O)CCCCc1ccccc1N.Cl. The summed E-state index contributed by atoms with van der Waals surface area (Å²) in [5.74, 6) is -0.143. The van der Waals surface area contributed by atoms with Crippen molar-refractivity contribution in [1.29, 1.82) is 0 Å². The summed E-state index contributed by atoms with van der Waals surface area (Å²) in [6, 6.07) is 7.82. The number of carbonyl (C=O) groups is 1. The van der Waals surface area contributed by atoms with Crippen LogP contribution in [0.4, 0.5) is 5.69 Å². The van der Waals surface area contributed by atoms with Crippen LogP contribution in [0.1, 0.15) is 24.8 Å². The van der Waals surface area contributed by atoms with E-state index >= 15 is 0 Å². The molecule has 90 valence electrons. The number of aryl methyl sites for hydroxylation is 1. The number of esters is 1. The van der Waals surface area contributed by atoms with Crippen molar-refractivity contribution in [3.8, 4) is 0 Å². The van der Waals surface area contributed by atoms with Gasteiger partial charge in [-0.3, -0.25) is 4.79 Å². The lowest BCUT2D eigenvalue weighted by Gasteiger charge is -2.04. The van der Waals surface area contributed by atoms with Gasteiger partial charge in [0.05, 0.1) is 7.11 Å². The van der Waals surface area contributed by atoms with Gasteiger partial charge in [-0.15, -0.1) is 12.4 Å². The van der Waals surface area contributed by atoms with Gasteiger partial charge in [-0.05, 0) is 30.9 Å². The van der Waals surface area contributed by atoms with E-state index in [4.69, 9.17) is 5.73 Å². The molecule has 0 aliphatic rings.